The molecular formula is C26H45N5O5S. The van der Waals surface area contributed by atoms with Gasteiger partial charge in [-0.1, -0.05) is 30.3 Å². The Morgan fingerprint density at radius 1 is 0.919 bits per heavy atom. The van der Waals surface area contributed by atoms with Crippen LogP contribution >= 0.6 is 11.8 Å². The lowest BCUT2D eigenvalue weighted by atomic mass is 10.1. The Kier molecular flexibility index (Phi) is 15.9. The van der Waals surface area contributed by atoms with E-state index in [1.54, 1.807) is 20.8 Å². The van der Waals surface area contributed by atoms with Crippen molar-refractivity contribution in [1.82, 2.24) is 10.6 Å². The first-order valence-corrected chi connectivity index (χ1v) is 13.8. The second kappa shape index (κ2) is 18.0. The number of carbonyl (C=O) groups excluding carboxylic acids is 3. The number of hydrogen-bond donors (Lipinski definition) is 5. The van der Waals surface area contributed by atoms with Gasteiger partial charge in [0.05, 0.1) is 18.6 Å². The summed E-state index contributed by atoms with van der Waals surface area (Å²) in [6.07, 6.45) is 3.86. The summed E-state index contributed by atoms with van der Waals surface area (Å²) in [5.74, 6) is 0.992. The first-order chi connectivity index (χ1) is 17.5. The molecule has 0 saturated carbocycles. The number of amides is 2. The molecular weight excluding hydrogens is 494 g/mol. The number of unbranched alkanes of at least 4 members (excludes halogenated alkanes) is 2. The fourth-order valence-corrected chi connectivity index (χ4v) is 4.00. The molecule has 2 atom stereocenters. The van der Waals surface area contributed by atoms with Crippen LogP contribution in [0.25, 0.3) is 0 Å². The summed E-state index contributed by atoms with van der Waals surface area (Å²) >= 11 is 1.22. The maximum atomic E-state index is 12.2. The molecule has 0 aliphatic carbocycles. The van der Waals surface area contributed by atoms with Crippen LogP contribution in [0, 0.1) is 0 Å². The number of nitrogens with one attached hydrogen (secondary N) is 2. The van der Waals surface area contributed by atoms with Gasteiger partial charge in [0, 0.05) is 12.3 Å². The molecule has 0 bridgehead atoms. The monoisotopic (exact) mass is 539 g/mol. The highest BCUT2D eigenvalue weighted by Crippen LogP contribution is 2.19. The minimum Gasteiger partial charge on any atom is -0.492 e. The molecule has 1 aromatic rings. The van der Waals surface area contributed by atoms with Crippen molar-refractivity contribution in [2.45, 2.75) is 82.7 Å². The zero-order valence-electron chi connectivity index (χ0n) is 22.4. The molecule has 210 valence electrons. The maximum Gasteiger partial charge on any atom is 0.407 e. The smallest absolute Gasteiger partial charge is 0.407 e. The predicted octanol–water partition coefficient (Wildman–Crippen LogP) is 2.42. The van der Waals surface area contributed by atoms with Crippen LogP contribution in [-0.4, -0.2) is 61.0 Å². The third-order valence-corrected chi connectivity index (χ3v) is 6.26. The van der Waals surface area contributed by atoms with Gasteiger partial charge < -0.3 is 37.3 Å². The van der Waals surface area contributed by atoms with Crippen LogP contribution in [0.3, 0.4) is 0 Å². The lowest BCUT2D eigenvalue weighted by Crippen LogP contribution is -2.42. The average Bonchev–Trinajstić information content (AvgIpc) is 2.84. The minimum atomic E-state index is -0.616. The van der Waals surface area contributed by atoms with Gasteiger partial charge in [0.25, 0.3) is 0 Å². The Morgan fingerprint density at radius 2 is 1.57 bits per heavy atom. The maximum absolute atomic E-state index is 12.2. The molecule has 0 aliphatic heterocycles. The zero-order chi connectivity index (χ0) is 27.7. The topological polar surface area (TPSA) is 172 Å². The van der Waals surface area contributed by atoms with Crippen molar-refractivity contribution in [3.05, 3.63) is 29.8 Å². The van der Waals surface area contributed by atoms with Crippen LogP contribution in [0.1, 0.15) is 64.9 Å². The summed E-state index contributed by atoms with van der Waals surface area (Å²) in [5.41, 5.74) is 17.8. The van der Waals surface area contributed by atoms with E-state index in [2.05, 4.69) is 10.6 Å². The molecule has 37 heavy (non-hydrogen) atoms. The summed E-state index contributed by atoms with van der Waals surface area (Å²) in [5, 5.41) is 5.45. The second-order valence-electron chi connectivity index (χ2n) is 9.81. The van der Waals surface area contributed by atoms with Gasteiger partial charge in [0.2, 0.25) is 11.0 Å². The minimum absolute atomic E-state index is 0.0104. The third kappa shape index (κ3) is 16.2. The molecule has 1 aromatic carbocycles. The van der Waals surface area contributed by atoms with Gasteiger partial charge in [-0.3, -0.25) is 9.59 Å². The molecule has 8 N–H and O–H groups in total. The molecule has 0 aromatic heterocycles. The van der Waals surface area contributed by atoms with Crippen LogP contribution in [-0.2, 0) is 20.1 Å². The molecule has 10 nitrogen and oxygen atoms in total. The van der Waals surface area contributed by atoms with Gasteiger partial charge in [-0.15, -0.1) is 0 Å². The average molecular weight is 540 g/mol. The SMILES string of the molecule is CC(C)(C)OC(=O)NCCCCC(N)C(=O)NCCOc1ccc(CSC(=O)C(N)CCCCN)cc1. The number of hydrogen-bond acceptors (Lipinski definition) is 9. The van der Waals surface area contributed by atoms with Crippen molar-refractivity contribution in [3.63, 3.8) is 0 Å². The van der Waals surface area contributed by atoms with Crippen LogP contribution in [0.4, 0.5) is 4.79 Å². The molecule has 11 heteroatoms. The van der Waals surface area contributed by atoms with Gasteiger partial charge in [-0.2, -0.15) is 0 Å². The Bertz CT molecular complexity index is 817. The molecule has 0 saturated heterocycles. The highest BCUT2D eigenvalue weighted by molar-refractivity contribution is 8.13. The van der Waals surface area contributed by atoms with Crippen molar-refractivity contribution in [3.8, 4) is 5.75 Å². The Labute approximate surface area is 225 Å². The summed E-state index contributed by atoms with van der Waals surface area (Å²) in [6.45, 7) is 7.14. The highest BCUT2D eigenvalue weighted by Gasteiger charge is 2.16. The largest absolute Gasteiger partial charge is 0.492 e. The Balaban J connectivity index is 2.17. The number of carbonyl (C=O) groups is 3. The number of ether oxygens (including phenoxy) is 2. The van der Waals surface area contributed by atoms with E-state index in [0.29, 0.717) is 63.4 Å². The molecule has 0 spiro atoms. The fraction of sp³-hybridized carbons (Fsp3) is 0.654. The Morgan fingerprint density at radius 3 is 2.22 bits per heavy atom. The van der Waals surface area contributed by atoms with E-state index in [0.717, 1.165) is 18.4 Å². The van der Waals surface area contributed by atoms with Gasteiger partial charge in [0.1, 0.15) is 18.0 Å². The Hall–Kier alpha value is -2.34. The predicted molar refractivity (Wildman–Crippen MR) is 148 cm³/mol. The van der Waals surface area contributed by atoms with E-state index in [4.69, 9.17) is 26.7 Å². The third-order valence-electron chi connectivity index (χ3n) is 5.19. The van der Waals surface area contributed by atoms with E-state index in [9.17, 15) is 14.4 Å². The van der Waals surface area contributed by atoms with E-state index in [1.807, 2.05) is 24.3 Å². The normalized spacial score (nSPS) is 12.9. The highest BCUT2D eigenvalue weighted by atomic mass is 32.2. The summed E-state index contributed by atoms with van der Waals surface area (Å²) in [4.78, 5) is 35.9. The quantitative estimate of drug-likeness (QED) is 0.186. The van der Waals surface area contributed by atoms with E-state index >= 15 is 0 Å². The number of nitrogens with two attached hydrogens (primary N) is 3. The first-order valence-electron chi connectivity index (χ1n) is 12.9. The van der Waals surface area contributed by atoms with Crippen molar-refractivity contribution in [2.24, 2.45) is 17.2 Å². The van der Waals surface area contributed by atoms with E-state index in [1.165, 1.54) is 11.8 Å². The molecule has 0 aliphatic rings. The van der Waals surface area contributed by atoms with Gasteiger partial charge in [0.15, 0.2) is 0 Å². The van der Waals surface area contributed by atoms with Crippen molar-refractivity contribution in [2.75, 3.05) is 26.2 Å². The molecule has 0 heterocycles. The zero-order valence-corrected chi connectivity index (χ0v) is 23.2. The lowest BCUT2D eigenvalue weighted by molar-refractivity contribution is -0.122. The van der Waals surface area contributed by atoms with Crippen LogP contribution in [0.15, 0.2) is 24.3 Å². The summed E-state index contributed by atoms with van der Waals surface area (Å²) < 4.78 is 10.8. The number of thioether (sulfide) groups is 1. The summed E-state index contributed by atoms with van der Waals surface area (Å²) in [7, 11) is 0. The molecule has 0 fully saturated rings. The van der Waals surface area contributed by atoms with Crippen LogP contribution in [0.2, 0.25) is 0 Å². The van der Waals surface area contributed by atoms with Crippen molar-refractivity contribution in [1.29, 1.82) is 0 Å². The van der Waals surface area contributed by atoms with E-state index < -0.39 is 23.8 Å². The number of benzene rings is 1. The second-order valence-corrected chi connectivity index (χ2v) is 10.8. The van der Waals surface area contributed by atoms with Crippen molar-refractivity contribution >= 4 is 28.9 Å². The first kappa shape index (κ1) is 32.7. The standard InChI is InChI=1S/C26H45N5O5S/c1-26(2,3)36-25(34)31-15-7-5-8-21(28)23(32)30-16-17-35-20-12-10-19(11-13-20)18-37-24(33)22(29)9-4-6-14-27/h10-13,21-22H,4-9,14-18,27-29H2,1-3H3,(H,30,32)(H,31,34). The molecule has 2 unspecified atom stereocenters. The van der Waals surface area contributed by atoms with Gasteiger partial charge >= 0.3 is 6.09 Å². The number of rotatable bonds is 17. The molecule has 1 rings (SSSR count). The fourth-order valence-electron chi connectivity index (χ4n) is 3.17. The van der Waals surface area contributed by atoms with Crippen LogP contribution in [0.5, 0.6) is 5.75 Å². The molecule has 2 amide bonds. The molecule has 0 radical (unpaired) electrons. The van der Waals surface area contributed by atoms with Gasteiger partial charge in [-0.25, -0.2) is 4.79 Å². The van der Waals surface area contributed by atoms with E-state index in [-0.39, 0.29) is 11.0 Å². The summed E-state index contributed by atoms with van der Waals surface area (Å²) in [6, 6.07) is 6.41. The lowest BCUT2D eigenvalue weighted by Gasteiger charge is -2.19. The van der Waals surface area contributed by atoms with Crippen LogP contribution < -0.4 is 32.6 Å². The number of alkyl carbamates (subject to hydrolysis) is 1. The van der Waals surface area contributed by atoms with Crippen molar-refractivity contribution < 1.29 is 23.9 Å². The van der Waals surface area contributed by atoms with Gasteiger partial charge in [-0.05, 0) is 77.1 Å².